The van der Waals surface area contributed by atoms with Crippen molar-refractivity contribution in [2.45, 2.75) is 4.90 Å². The molecule has 0 aliphatic carbocycles. The number of hydrazine groups is 1. The first-order valence-electron chi connectivity index (χ1n) is 9.12. The predicted octanol–water partition coefficient (Wildman–Crippen LogP) is 2.49. The molecule has 0 bridgehead atoms. The van der Waals surface area contributed by atoms with Crippen LogP contribution in [-0.2, 0) is 10.0 Å². The molecule has 0 aliphatic heterocycles. The number of fused-ring (bicyclic) bond motifs is 1. The Hall–Kier alpha value is -3.96. The molecule has 162 valence electrons. The highest BCUT2D eigenvalue weighted by atomic mass is 35.5. The molecule has 32 heavy (non-hydrogen) atoms. The van der Waals surface area contributed by atoms with Crippen molar-refractivity contribution in [1.82, 2.24) is 26.3 Å². The number of para-hydroxylation sites is 1. The number of hydrogen-bond donors (Lipinski definition) is 4. The van der Waals surface area contributed by atoms with E-state index in [9.17, 15) is 18.0 Å². The van der Waals surface area contributed by atoms with E-state index in [-0.39, 0.29) is 26.7 Å². The van der Waals surface area contributed by atoms with Crippen LogP contribution >= 0.6 is 11.6 Å². The zero-order chi connectivity index (χ0) is 22.7. The molecule has 4 rings (SSSR count). The number of benzene rings is 3. The second-order valence-electron chi connectivity index (χ2n) is 6.55. The molecular formula is C20H15ClN6O4S. The van der Waals surface area contributed by atoms with Gasteiger partial charge >= 0.3 is 0 Å². The Balaban J connectivity index is 1.45. The molecule has 4 aromatic rings. The summed E-state index contributed by atoms with van der Waals surface area (Å²) in [5.41, 5.74) is 6.12. The van der Waals surface area contributed by atoms with E-state index in [1.807, 2.05) is 0 Å². The fourth-order valence-corrected chi connectivity index (χ4v) is 4.16. The largest absolute Gasteiger partial charge is 0.278 e. The van der Waals surface area contributed by atoms with E-state index in [4.69, 9.17) is 11.6 Å². The summed E-state index contributed by atoms with van der Waals surface area (Å²) in [5.74, 6) is -1.27. The third kappa shape index (κ3) is 4.53. The lowest BCUT2D eigenvalue weighted by Crippen LogP contribution is -2.41. The van der Waals surface area contributed by atoms with Crippen LogP contribution in [0.15, 0.2) is 71.6 Å². The number of aromatic amines is 1. The van der Waals surface area contributed by atoms with Crippen LogP contribution in [0, 0.1) is 0 Å². The van der Waals surface area contributed by atoms with Crippen LogP contribution in [0.4, 0.5) is 5.69 Å². The normalized spacial score (nSPS) is 11.2. The van der Waals surface area contributed by atoms with Crippen LogP contribution in [0.5, 0.6) is 0 Å². The van der Waals surface area contributed by atoms with Crippen molar-refractivity contribution in [2.24, 2.45) is 0 Å². The van der Waals surface area contributed by atoms with E-state index in [0.717, 1.165) is 0 Å². The molecule has 0 radical (unpaired) electrons. The quantitative estimate of drug-likeness (QED) is 0.329. The Morgan fingerprint density at radius 1 is 0.812 bits per heavy atom. The summed E-state index contributed by atoms with van der Waals surface area (Å²) in [6, 6.07) is 16.4. The van der Waals surface area contributed by atoms with Gasteiger partial charge in [-0.15, -0.1) is 0 Å². The maximum atomic E-state index is 12.7. The maximum absolute atomic E-state index is 12.7. The molecular weight excluding hydrogens is 456 g/mol. The summed E-state index contributed by atoms with van der Waals surface area (Å²) in [4.78, 5) is 24.6. The molecule has 0 aliphatic rings. The number of carbonyl (C=O) groups is 2. The Morgan fingerprint density at radius 2 is 1.50 bits per heavy atom. The molecule has 3 aromatic carbocycles. The second-order valence-corrected chi connectivity index (χ2v) is 8.64. The number of nitrogens with zero attached hydrogens (tertiary/aromatic N) is 2. The molecule has 0 atom stereocenters. The first-order valence-corrected chi connectivity index (χ1v) is 11.0. The first-order chi connectivity index (χ1) is 15.3. The summed E-state index contributed by atoms with van der Waals surface area (Å²) >= 11 is 6.01. The molecule has 0 saturated carbocycles. The molecule has 1 aromatic heterocycles. The average Bonchev–Trinajstić information content (AvgIpc) is 3.26. The maximum Gasteiger partial charge on any atom is 0.269 e. The number of H-pyrrole nitrogens is 1. The lowest BCUT2D eigenvalue weighted by molar-refractivity contribution is 0.0846. The van der Waals surface area contributed by atoms with Crippen LogP contribution in [0.25, 0.3) is 11.0 Å². The van der Waals surface area contributed by atoms with Gasteiger partial charge in [0.25, 0.3) is 21.8 Å². The van der Waals surface area contributed by atoms with Crippen LogP contribution in [0.2, 0.25) is 5.02 Å². The summed E-state index contributed by atoms with van der Waals surface area (Å²) < 4.78 is 27.7. The Bertz CT molecular complexity index is 1440. The van der Waals surface area contributed by atoms with Gasteiger partial charge in [-0.1, -0.05) is 29.8 Å². The van der Waals surface area contributed by atoms with Crippen molar-refractivity contribution < 1.29 is 18.0 Å². The van der Waals surface area contributed by atoms with Gasteiger partial charge in [0.15, 0.2) is 0 Å². The molecule has 0 saturated heterocycles. The molecule has 12 heteroatoms. The molecule has 1 heterocycles. The van der Waals surface area contributed by atoms with Crippen LogP contribution in [0.3, 0.4) is 0 Å². The minimum atomic E-state index is -4.00. The van der Waals surface area contributed by atoms with Crippen LogP contribution in [-0.4, -0.2) is 35.6 Å². The topological polar surface area (TPSA) is 146 Å². The van der Waals surface area contributed by atoms with E-state index >= 15 is 0 Å². The molecule has 4 N–H and O–H groups in total. The van der Waals surface area contributed by atoms with Crippen molar-refractivity contribution >= 4 is 50.2 Å². The average molecular weight is 471 g/mol. The van der Waals surface area contributed by atoms with Crippen molar-refractivity contribution in [3.63, 3.8) is 0 Å². The van der Waals surface area contributed by atoms with E-state index in [1.165, 1.54) is 42.5 Å². The van der Waals surface area contributed by atoms with E-state index in [1.54, 1.807) is 24.3 Å². The summed E-state index contributed by atoms with van der Waals surface area (Å²) in [7, 11) is -4.00. The number of aromatic nitrogens is 3. The second kappa shape index (κ2) is 8.65. The van der Waals surface area contributed by atoms with Gasteiger partial charge in [0, 0.05) is 11.1 Å². The molecule has 0 unspecified atom stereocenters. The third-order valence-corrected chi connectivity index (χ3v) is 6.09. The smallest absolute Gasteiger partial charge is 0.269 e. The Morgan fingerprint density at radius 3 is 2.25 bits per heavy atom. The first kappa shape index (κ1) is 21.3. The van der Waals surface area contributed by atoms with Gasteiger partial charge in [0.05, 0.1) is 15.6 Å². The molecule has 0 spiro atoms. The lowest BCUT2D eigenvalue weighted by Gasteiger charge is -2.11. The minimum Gasteiger partial charge on any atom is -0.278 e. The monoisotopic (exact) mass is 470 g/mol. The highest BCUT2D eigenvalue weighted by Crippen LogP contribution is 2.24. The SMILES string of the molecule is O=C(NNC(=O)c1ccc2n[nH]nc2c1)c1cccc(S(=O)(=O)Nc2ccccc2Cl)c1. The lowest BCUT2D eigenvalue weighted by atomic mass is 10.2. The van der Waals surface area contributed by atoms with Gasteiger partial charge in [-0.2, -0.15) is 15.4 Å². The van der Waals surface area contributed by atoms with Crippen LogP contribution < -0.4 is 15.6 Å². The number of rotatable bonds is 5. The van der Waals surface area contributed by atoms with Gasteiger partial charge in [-0.25, -0.2) is 8.42 Å². The van der Waals surface area contributed by atoms with Crippen molar-refractivity contribution in [3.05, 3.63) is 82.9 Å². The Labute approximate surface area is 187 Å². The predicted molar refractivity (Wildman–Crippen MR) is 118 cm³/mol. The van der Waals surface area contributed by atoms with E-state index in [0.29, 0.717) is 11.0 Å². The number of carbonyl (C=O) groups excluding carboxylic acids is 2. The fraction of sp³-hybridized carbons (Fsp3) is 0. The number of amides is 2. The molecule has 0 fully saturated rings. The van der Waals surface area contributed by atoms with Gasteiger partial charge in [-0.3, -0.25) is 25.2 Å². The number of anilines is 1. The fourth-order valence-electron chi connectivity index (χ4n) is 2.79. The molecule has 10 nitrogen and oxygen atoms in total. The van der Waals surface area contributed by atoms with Gasteiger partial charge in [-0.05, 0) is 48.5 Å². The van der Waals surface area contributed by atoms with Crippen molar-refractivity contribution in [2.75, 3.05) is 4.72 Å². The number of halogens is 1. The highest BCUT2D eigenvalue weighted by Gasteiger charge is 2.18. The van der Waals surface area contributed by atoms with E-state index in [2.05, 4.69) is 31.0 Å². The minimum absolute atomic E-state index is 0.0271. The van der Waals surface area contributed by atoms with Gasteiger partial charge in [0.1, 0.15) is 11.0 Å². The number of hydrogen-bond acceptors (Lipinski definition) is 6. The molecule has 2 amide bonds. The van der Waals surface area contributed by atoms with E-state index < -0.39 is 21.8 Å². The Kier molecular flexibility index (Phi) is 5.75. The highest BCUT2D eigenvalue weighted by molar-refractivity contribution is 7.92. The summed E-state index contributed by atoms with van der Waals surface area (Å²) in [6.45, 7) is 0. The zero-order valence-electron chi connectivity index (χ0n) is 16.2. The zero-order valence-corrected chi connectivity index (χ0v) is 17.7. The number of nitrogens with one attached hydrogen (secondary N) is 4. The third-order valence-electron chi connectivity index (χ3n) is 4.39. The number of sulfonamides is 1. The standard InChI is InChI=1S/C20H15ClN6O4S/c21-15-6-1-2-7-16(15)26-32(30,31)14-5-3-4-12(10-14)19(28)24-25-20(29)13-8-9-17-18(11-13)23-27-22-17/h1-11,26H,(H,24,28)(H,25,29)(H,22,23,27). The summed E-state index contributed by atoms with van der Waals surface area (Å²) in [5, 5.41) is 10.5. The summed E-state index contributed by atoms with van der Waals surface area (Å²) in [6.07, 6.45) is 0. The van der Waals surface area contributed by atoms with Gasteiger partial charge < -0.3 is 0 Å². The van der Waals surface area contributed by atoms with Crippen molar-refractivity contribution in [1.29, 1.82) is 0 Å². The van der Waals surface area contributed by atoms with Crippen LogP contribution in [0.1, 0.15) is 20.7 Å². The van der Waals surface area contributed by atoms with Gasteiger partial charge in [0.2, 0.25) is 0 Å². The van der Waals surface area contributed by atoms with Crippen molar-refractivity contribution in [3.8, 4) is 0 Å².